The van der Waals surface area contributed by atoms with Crippen LogP contribution in [0.1, 0.15) is 0 Å². The van der Waals surface area contributed by atoms with Gasteiger partial charge in [0.05, 0.1) is 22.2 Å². The van der Waals surface area contributed by atoms with Gasteiger partial charge in [0.25, 0.3) is 0 Å². The molecule has 0 aliphatic carbocycles. The number of hydrogen-bond donors (Lipinski definition) is 0. The molecule has 0 N–H and O–H groups in total. The zero-order chi connectivity index (χ0) is 33.0. The second-order valence-corrected chi connectivity index (χ2v) is 12.5. The van der Waals surface area contributed by atoms with Crippen molar-refractivity contribution in [2.45, 2.75) is 0 Å². The van der Waals surface area contributed by atoms with Crippen LogP contribution in [0.4, 0.5) is 0 Å². The molecule has 0 unspecified atom stereocenters. The minimum Gasteiger partial charge on any atom is -0.309 e. The number of rotatable bonds is 5. The molecule has 0 bridgehead atoms. The molecule has 10 aromatic rings. The summed E-state index contributed by atoms with van der Waals surface area (Å²) in [5, 5.41) is 2.49. The predicted molar refractivity (Wildman–Crippen MR) is 205 cm³/mol. The fraction of sp³-hybridized carbons (Fsp3) is 0. The topological polar surface area (TPSA) is 48.5 Å². The first kappa shape index (κ1) is 28.2. The highest BCUT2D eigenvalue weighted by molar-refractivity contribution is 6.10. The van der Waals surface area contributed by atoms with Crippen LogP contribution in [0.5, 0.6) is 0 Å². The van der Waals surface area contributed by atoms with E-state index >= 15 is 0 Å². The Balaban J connectivity index is 1.17. The number of fused-ring (bicyclic) bond motifs is 6. The molecule has 0 spiro atoms. The summed E-state index contributed by atoms with van der Waals surface area (Å²) in [6, 6.07) is 59.5. The van der Waals surface area contributed by atoms with Gasteiger partial charge in [-0.15, -0.1) is 0 Å². The molecular weight excluding hydrogens is 611 g/mol. The number of benzene rings is 6. The first-order valence-electron chi connectivity index (χ1n) is 16.8. The molecule has 0 amide bonds. The number of imidazole rings is 1. The molecule has 6 aromatic carbocycles. The Morgan fingerprint density at radius 2 is 1.02 bits per heavy atom. The number of pyridine rings is 2. The zero-order valence-corrected chi connectivity index (χ0v) is 27.0. The molecule has 50 heavy (non-hydrogen) atoms. The van der Waals surface area contributed by atoms with E-state index in [1.54, 1.807) is 0 Å². The summed E-state index contributed by atoms with van der Waals surface area (Å²) in [7, 11) is 0. The third kappa shape index (κ3) is 4.45. The van der Waals surface area contributed by atoms with Gasteiger partial charge in [0.2, 0.25) is 0 Å². The first-order chi connectivity index (χ1) is 24.8. The summed E-state index contributed by atoms with van der Waals surface area (Å²) >= 11 is 0. The van der Waals surface area contributed by atoms with E-state index in [-0.39, 0.29) is 0 Å². The van der Waals surface area contributed by atoms with Crippen LogP contribution in [0.15, 0.2) is 176 Å². The largest absolute Gasteiger partial charge is 0.309 e. The summed E-state index contributed by atoms with van der Waals surface area (Å²) in [6.07, 6.45) is 1.82. The lowest BCUT2D eigenvalue weighted by Gasteiger charge is -2.13. The van der Waals surface area contributed by atoms with Crippen LogP contribution in [0.2, 0.25) is 0 Å². The van der Waals surface area contributed by atoms with Crippen molar-refractivity contribution in [2.24, 2.45) is 0 Å². The van der Waals surface area contributed by atoms with E-state index in [2.05, 4.69) is 155 Å². The summed E-state index contributed by atoms with van der Waals surface area (Å²) in [6.45, 7) is 0. The van der Waals surface area contributed by atoms with Crippen molar-refractivity contribution in [2.75, 3.05) is 0 Å². The van der Waals surface area contributed by atoms with Gasteiger partial charge in [-0.3, -0.25) is 9.55 Å². The molecule has 0 atom stereocenters. The van der Waals surface area contributed by atoms with E-state index in [0.717, 1.165) is 67.2 Å². The van der Waals surface area contributed by atoms with Gasteiger partial charge < -0.3 is 4.57 Å². The molecular formula is C45H29N5. The standard InChI is InChI=1S/C45H29N5/c1-4-13-31(14-5-1)41-44-43(42-38(47-41)20-12-28-46-42)48-45(50(44)35-17-8-3-9-18-35)32-24-22-30(23-25-32)33-26-27-37-36-19-10-11-21-39(36)49(40(37)29-33)34-15-6-2-7-16-34/h1-29H. The van der Waals surface area contributed by atoms with Crippen LogP contribution >= 0.6 is 0 Å². The minimum absolute atomic E-state index is 0.789. The van der Waals surface area contributed by atoms with E-state index in [0.29, 0.717) is 0 Å². The van der Waals surface area contributed by atoms with Crippen LogP contribution in [0.3, 0.4) is 0 Å². The lowest BCUT2D eigenvalue weighted by atomic mass is 10.0. The Labute approximate surface area is 288 Å². The number of aromatic nitrogens is 5. The second-order valence-electron chi connectivity index (χ2n) is 12.5. The maximum Gasteiger partial charge on any atom is 0.145 e. The highest BCUT2D eigenvalue weighted by Gasteiger charge is 2.22. The van der Waals surface area contributed by atoms with Crippen LogP contribution in [0, 0.1) is 0 Å². The molecule has 5 nitrogen and oxygen atoms in total. The Bertz CT molecular complexity index is 2840. The summed E-state index contributed by atoms with van der Waals surface area (Å²) < 4.78 is 4.60. The van der Waals surface area contributed by atoms with Crippen LogP contribution in [-0.2, 0) is 0 Å². The van der Waals surface area contributed by atoms with E-state index in [9.17, 15) is 0 Å². The van der Waals surface area contributed by atoms with Gasteiger partial charge >= 0.3 is 0 Å². The fourth-order valence-electron chi connectivity index (χ4n) is 7.28. The van der Waals surface area contributed by atoms with Crippen LogP contribution in [0.25, 0.3) is 89.0 Å². The van der Waals surface area contributed by atoms with Crippen molar-refractivity contribution in [1.82, 2.24) is 24.1 Å². The Kier molecular flexibility index (Phi) is 6.42. The molecule has 4 heterocycles. The predicted octanol–water partition coefficient (Wildman–Crippen LogP) is 11.1. The van der Waals surface area contributed by atoms with Crippen LogP contribution in [-0.4, -0.2) is 24.1 Å². The molecule has 0 saturated heterocycles. The molecule has 0 saturated carbocycles. The SMILES string of the molecule is c1ccc(-c2nc3cccnc3c3nc(-c4ccc(-c5ccc6c7ccccc7n(-c7ccccc7)c6c5)cc4)n(-c4ccccc4)c23)cc1. The maximum atomic E-state index is 5.34. The van der Waals surface area contributed by atoms with Crippen molar-refractivity contribution in [3.63, 3.8) is 0 Å². The third-order valence-electron chi connectivity index (χ3n) is 9.57. The smallest absolute Gasteiger partial charge is 0.145 e. The van der Waals surface area contributed by atoms with Gasteiger partial charge in [-0.05, 0) is 59.7 Å². The molecule has 0 aliphatic heterocycles. The van der Waals surface area contributed by atoms with E-state index in [1.165, 1.54) is 21.8 Å². The highest BCUT2D eigenvalue weighted by Crippen LogP contribution is 2.39. The van der Waals surface area contributed by atoms with Gasteiger partial charge in [0.1, 0.15) is 22.4 Å². The Morgan fingerprint density at radius 3 is 1.78 bits per heavy atom. The van der Waals surface area contributed by atoms with Crippen molar-refractivity contribution >= 4 is 43.9 Å². The third-order valence-corrected chi connectivity index (χ3v) is 9.57. The zero-order valence-electron chi connectivity index (χ0n) is 27.0. The molecule has 0 radical (unpaired) electrons. The highest BCUT2D eigenvalue weighted by atomic mass is 15.1. The van der Waals surface area contributed by atoms with Crippen molar-refractivity contribution < 1.29 is 0 Å². The van der Waals surface area contributed by atoms with E-state index in [1.807, 2.05) is 30.5 Å². The average molecular weight is 640 g/mol. The maximum absolute atomic E-state index is 5.34. The Hall–Kier alpha value is -6.85. The lowest BCUT2D eigenvalue weighted by Crippen LogP contribution is -2.00. The van der Waals surface area contributed by atoms with Gasteiger partial charge in [-0.25, -0.2) is 9.97 Å². The normalized spacial score (nSPS) is 11.6. The Morgan fingerprint density at radius 1 is 0.400 bits per heavy atom. The first-order valence-corrected chi connectivity index (χ1v) is 16.8. The average Bonchev–Trinajstić information content (AvgIpc) is 3.76. The summed E-state index contributed by atoms with van der Waals surface area (Å²) in [5.41, 5.74) is 13.1. The fourth-order valence-corrected chi connectivity index (χ4v) is 7.28. The second kappa shape index (κ2) is 11.4. The molecule has 234 valence electrons. The van der Waals surface area contributed by atoms with Crippen molar-refractivity contribution in [3.05, 3.63) is 176 Å². The van der Waals surface area contributed by atoms with E-state index in [4.69, 9.17) is 15.0 Å². The monoisotopic (exact) mass is 639 g/mol. The van der Waals surface area contributed by atoms with Gasteiger partial charge in [0, 0.05) is 39.5 Å². The molecule has 5 heteroatoms. The van der Waals surface area contributed by atoms with E-state index < -0.39 is 0 Å². The number of nitrogens with zero attached hydrogens (tertiary/aromatic N) is 5. The lowest BCUT2D eigenvalue weighted by molar-refractivity contribution is 1.10. The molecule has 10 rings (SSSR count). The van der Waals surface area contributed by atoms with Crippen LogP contribution < -0.4 is 0 Å². The summed E-state index contributed by atoms with van der Waals surface area (Å²) in [4.78, 5) is 15.3. The molecule has 0 fully saturated rings. The minimum atomic E-state index is 0.789. The number of hydrogen-bond acceptors (Lipinski definition) is 3. The molecule has 4 aromatic heterocycles. The number of para-hydroxylation sites is 3. The quantitative estimate of drug-likeness (QED) is 0.188. The molecule has 0 aliphatic rings. The van der Waals surface area contributed by atoms with Gasteiger partial charge in [-0.2, -0.15) is 0 Å². The van der Waals surface area contributed by atoms with Gasteiger partial charge in [0.15, 0.2) is 0 Å². The van der Waals surface area contributed by atoms with Gasteiger partial charge in [-0.1, -0.05) is 121 Å². The van der Waals surface area contributed by atoms with Crippen molar-refractivity contribution in [1.29, 1.82) is 0 Å². The summed E-state index contributed by atoms with van der Waals surface area (Å²) in [5.74, 6) is 0.842. The van der Waals surface area contributed by atoms with Crippen molar-refractivity contribution in [3.8, 4) is 45.1 Å².